The number of hydrogen-bond donors (Lipinski definition) is 3. The van der Waals surface area contributed by atoms with E-state index in [-0.39, 0.29) is 25.7 Å². The molecule has 19 heteroatoms. The molecule has 3 N–H and O–H groups in total. The predicted octanol–water partition coefficient (Wildman–Crippen LogP) is 21.5. The summed E-state index contributed by atoms with van der Waals surface area (Å²) in [4.78, 5) is 72.7. The number of phosphoric acid groups is 2. The zero-order valence-corrected chi connectivity index (χ0v) is 64.0. The molecular weight excluding hydrogens is 1330 g/mol. The summed E-state index contributed by atoms with van der Waals surface area (Å²) in [5.41, 5.74) is 0. The van der Waals surface area contributed by atoms with Crippen LogP contribution in [0.2, 0.25) is 0 Å². The van der Waals surface area contributed by atoms with Gasteiger partial charge < -0.3 is 33.8 Å². The first kappa shape index (κ1) is 95.6. The molecule has 5 atom stereocenters. The Bertz CT molecular complexity index is 2750. The zero-order valence-electron chi connectivity index (χ0n) is 62.2. The Hall–Kier alpha value is -6.36. The van der Waals surface area contributed by atoms with Crippen LogP contribution in [0.3, 0.4) is 0 Å². The van der Waals surface area contributed by atoms with E-state index in [1.807, 2.05) is 24.3 Å². The van der Waals surface area contributed by atoms with Crippen molar-refractivity contribution < 1.29 is 80.2 Å². The number of ether oxygens (including phenoxy) is 4. The van der Waals surface area contributed by atoms with Gasteiger partial charge in [0, 0.05) is 12.8 Å². The van der Waals surface area contributed by atoms with Gasteiger partial charge in [-0.05, 0) is 148 Å². The van der Waals surface area contributed by atoms with Crippen LogP contribution in [0.25, 0.3) is 0 Å². The lowest BCUT2D eigenvalue weighted by Gasteiger charge is -2.21. The lowest BCUT2D eigenvalue weighted by atomic mass is 10.1. The van der Waals surface area contributed by atoms with Crippen molar-refractivity contribution in [2.75, 3.05) is 39.6 Å². The molecule has 0 aromatic carbocycles. The number of carbonyl (C=O) groups excluding carboxylic acids is 4. The van der Waals surface area contributed by atoms with Gasteiger partial charge in [0.05, 0.1) is 39.3 Å². The van der Waals surface area contributed by atoms with Gasteiger partial charge in [0.1, 0.15) is 19.3 Å². The fraction of sp³-hybridized carbons (Fsp3) is 0.542. The van der Waals surface area contributed by atoms with Crippen molar-refractivity contribution in [3.63, 3.8) is 0 Å². The SMILES string of the molecule is CC/C=C\C/C=C\C/C=C\C/C=C\C/C=C\CC(=O)OCC(COP(=O)(O)OCC(O)COP(=O)(O)OCC(COC(=O)CCCCCC/C=C\C/C=C\C/C=C\C/C=C\CC)OC(=O)CCCCCCC/C=C\C/C=C\C/C=C\CC)OC(=O)C/C=C\C/C=C\C/C=C\C/C=C\C/C=C\CC. The molecule has 0 saturated carbocycles. The minimum Gasteiger partial charge on any atom is -0.462 e. The number of phosphoric ester groups is 2. The Morgan fingerprint density at radius 1 is 0.284 bits per heavy atom. The molecule has 0 aliphatic rings. The molecule has 5 unspecified atom stereocenters. The van der Waals surface area contributed by atoms with Gasteiger partial charge >= 0.3 is 39.5 Å². The first-order valence-electron chi connectivity index (χ1n) is 37.3. The highest BCUT2D eigenvalue weighted by Gasteiger charge is 2.30. The van der Waals surface area contributed by atoms with E-state index in [1.54, 1.807) is 24.3 Å². The van der Waals surface area contributed by atoms with E-state index < -0.39 is 97.5 Å². The molecular formula is C83H128O17P2. The van der Waals surface area contributed by atoms with E-state index in [0.29, 0.717) is 25.7 Å². The smallest absolute Gasteiger partial charge is 0.462 e. The molecule has 0 fully saturated rings. The van der Waals surface area contributed by atoms with Crippen LogP contribution in [0.5, 0.6) is 0 Å². The molecule has 17 nitrogen and oxygen atoms in total. The summed E-state index contributed by atoms with van der Waals surface area (Å²) in [6.45, 7) is 4.08. The number of allylic oxidation sites excluding steroid dienone is 32. The van der Waals surface area contributed by atoms with E-state index in [9.17, 15) is 43.2 Å². The molecule has 0 saturated heterocycles. The van der Waals surface area contributed by atoms with E-state index in [2.05, 4.69) is 186 Å². The van der Waals surface area contributed by atoms with Crippen molar-refractivity contribution in [1.82, 2.24) is 0 Å². The van der Waals surface area contributed by atoms with Crippen molar-refractivity contribution in [1.29, 1.82) is 0 Å². The highest BCUT2D eigenvalue weighted by molar-refractivity contribution is 7.47. The van der Waals surface area contributed by atoms with Gasteiger partial charge in [-0.1, -0.05) is 266 Å². The lowest BCUT2D eigenvalue weighted by molar-refractivity contribution is -0.161. The molecule has 0 amide bonds. The number of esters is 4. The molecule has 0 radical (unpaired) electrons. The van der Waals surface area contributed by atoms with Gasteiger partial charge in [-0.25, -0.2) is 9.13 Å². The molecule has 0 spiro atoms. The molecule has 0 rings (SSSR count). The Morgan fingerprint density at radius 3 is 0.863 bits per heavy atom. The fourth-order valence-corrected chi connectivity index (χ4v) is 10.4. The van der Waals surface area contributed by atoms with Crippen LogP contribution < -0.4 is 0 Å². The average molecular weight is 1460 g/mol. The molecule has 572 valence electrons. The average Bonchev–Trinajstić information content (AvgIpc) is 0.926. The van der Waals surface area contributed by atoms with Crippen LogP contribution in [-0.4, -0.2) is 96.7 Å². The summed E-state index contributed by atoms with van der Waals surface area (Å²) in [6, 6.07) is 0. The normalized spacial score (nSPS) is 15.1. The maximum atomic E-state index is 13.1. The third-order valence-corrected chi connectivity index (χ3v) is 16.2. The maximum Gasteiger partial charge on any atom is 0.472 e. The predicted molar refractivity (Wildman–Crippen MR) is 417 cm³/mol. The van der Waals surface area contributed by atoms with Gasteiger partial charge in [-0.3, -0.25) is 37.3 Å². The van der Waals surface area contributed by atoms with Gasteiger partial charge in [0.15, 0.2) is 12.2 Å². The summed E-state index contributed by atoms with van der Waals surface area (Å²) >= 11 is 0. The Morgan fingerprint density at radius 2 is 0.529 bits per heavy atom. The molecule has 0 heterocycles. The zero-order chi connectivity index (χ0) is 74.6. The van der Waals surface area contributed by atoms with Gasteiger partial charge in [0.2, 0.25) is 0 Å². The van der Waals surface area contributed by atoms with Gasteiger partial charge in [-0.15, -0.1) is 0 Å². The lowest BCUT2D eigenvalue weighted by Crippen LogP contribution is -2.30. The van der Waals surface area contributed by atoms with Crippen molar-refractivity contribution in [2.45, 2.75) is 251 Å². The minimum absolute atomic E-state index is 0.0560. The summed E-state index contributed by atoms with van der Waals surface area (Å²) in [5.74, 6) is -2.55. The Labute approximate surface area is 614 Å². The van der Waals surface area contributed by atoms with Gasteiger partial charge in [-0.2, -0.15) is 0 Å². The highest BCUT2D eigenvalue weighted by Crippen LogP contribution is 2.45. The Balaban J connectivity index is 5.56. The topological polar surface area (TPSA) is 237 Å². The van der Waals surface area contributed by atoms with Crippen LogP contribution >= 0.6 is 15.6 Å². The first-order chi connectivity index (χ1) is 49.7. The highest BCUT2D eigenvalue weighted by atomic mass is 31.2. The fourth-order valence-electron chi connectivity index (χ4n) is 8.78. The van der Waals surface area contributed by atoms with E-state index in [4.69, 9.17) is 37.0 Å². The van der Waals surface area contributed by atoms with Crippen LogP contribution in [0.4, 0.5) is 0 Å². The number of aliphatic hydroxyl groups excluding tert-OH is 1. The monoisotopic (exact) mass is 1460 g/mol. The molecule has 0 bridgehead atoms. The standard InChI is InChI=1S/C83H128O17P2/c1-5-9-13-17-21-25-29-33-37-38-42-44-48-52-56-60-64-68-81(86)94-74-79(100-83(88)70-66-62-58-54-50-46-41-36-32-28-24-20-16-12-8-4)76-98-102(91,92)96-72-77(84)71-95-101(89,90)97-75-78(99-82(87)69-65-61-57-53-49-45-40-35-31-27-23-19-15-11-7-3)73-93-80(85)67-63-59-55-51-47-43-39-34-30-26-22-18-14-10-6-2/h9-16,21-28,33-37,39-42,44,47,49,51,53,59,61,63,65,77-79,84H,5-8,17-20,29-32,38,43,45-46,48,50,52,54-58,60,62,64,66-76H2,1-4H3,(H,89,90)(H,91,92)/b13-9-,14-10-,15-11-,16-12-,25-21-,26-22-,27-23-,28-24-,37-33-,39-34-,40-35-,41-36-,44-42-,51-47-,53-49-,63-59-,65-61-. The summed E-state index contributed by atoms with van der Waals surface area (Å²) in [6.07, 6.45) is 90.3. The van der Waals surface area contributed by atoms with Crippen LogP contribution in [-0.2, 0) is 65.4 Å². The number of aliphatic hydroxyl groups is 1. The number of rotatable bonds is 67. The number of hydrogen-bond acceptors (Lipinski definition) is 15. The first-order valence-corrected chi connectivity index (χ1v) is 40.3. The van der Waals surface area contributed by atoms with E-state index >= 15 is 0 Å². The maximum absolute atomic E-state index is 13.1. The largest absolute Gasteiger partial charge is 0.472 e. The number of carbonyl (C=O) groups is 4. The third kappa shape index (κ3) is 72.0. The molecule has 0 aromatic heterocycles. The van der Waals surface area contributed by atoms with Crippen molar-refractivity contribution >= 4 is 39.5 Å². The second-order valence-corrected chi connectivity index (χ2v) is 26.6. The summed E-state index contributed by atoms with van der Waals surface area (Å²) < 4.78 is 68.1. The van der Waals surface area contributed by atoms with Crippen molar-refractivity contribution in [3.8, 4) is 0 Å². The van der Waals surface area contributed by atoms with E-state index in [1.165, 1.54) is 0 Å². The molecule has 0 aliphatic heterocycles. The summed E-state index contributed by atoms with van der Waals surface area (Å²) in [5, 5.41) is 10.6. The van der Waals surface area contributed by atoms with Crippen molar-refractivity contribution in [2.24, 2.45) is 0 Å². The molecule has 0 aromatic rings. The third-order valence-electron chi connectivity index (χ3n) is 14.3. The van der Waals surface area contributed by atoms with Crippen LogP contribution in [0.1, 0.15) is 233 Å². The minimum atomic E-state index is -5.03. The van der Waals surface area contributed by atoms with Gasteiger partial charge in [0.25, 0.3) is 0 Å². The Kier molecular flexibility index (Phi) is 68.4. The number of unbranched alkanes of at least 4 members (excludes halogenated alkanes) is 9. The second kappa shape index (κ2) is 73.0. The van der Waals surface area contributed by atoms with Crippen LogP contribution in [0.15, 0.2) is 207 Å². The molecule has 102 heavy (non-hydrogen) atoms. The summed E-state index contributed by atoms with van der Waals surface area (Å²) in [7, 11) is -10.0. The van der Waals surface area contributed by atoms with Crippen molar-refractivity contribution in [3.05, 3.63) is 207 Å². The van der Waals surface area contributed by atoms with Crippen LogP contribution in [0, 0.1) is 0 Å². The molecule has 0 aliphatic carbocycles. The van der Waals surface area contributed by atoms with E-state index in [0.717, 1.165) is 154 Å². The second-order valence-electron chi connectivity index (χ2n) is 23.7. The quantitative estimate of drug-likeness (QED) is 0.0169.